The maximum atomic E-state index is 13.0. The van der Waals surface area contributed by atoms with Gasteiger partial charge in [-0.2, -0.15) is 13.2 Å². The summed E-state index contributed by atoms with van der Waals surface area (Å²) in [5.74, 6) is 0.495. The van der Waals surface area contributed by atoms with Crippen LogP contribution < -0.4 is 5.38 Å². The SMILES string of the molecule is CC[Si](CC)(CC)c1ccc(C=Nc2ccccc2C(F)(F)F)o1. The molecule has 2 rings (SSSR count). The Bertz CT molecular complexity index is 694. The van der Waals surface area contributed by atoms with Crippen molar-refractivity contribution in [2.75, 3.05) is 0 Å². The second kappa shape index (κ2) is 7.38. The van der Waals surface area contributed by atoms with Crippen LogP contribution in [0, 0.1) is 0 Å². The van der Waals surface area contributed by atoms with Crippen molar-refractivity contribution in [3.05, 3.63) is 47.7 Å². The Balaban J connectivity index is 2.30. The molecule has 130 valence electrons. The van der Waals surface area contributed by atoms with E-state index in [0.29, 0.717) is 5.76 Å². The molecule has 0 atom stereocenters. The van der Waals surface area contributed by atoms with Crippen molar-refractivity contribution in [2.24, 2.45) is 4.99 Å². The summed E-state index contributed by atoms with van der Waals surface area (Å²) in [6, 6.07) is 12.3. The third kappa shape index (κ3) is 3.80. The van der Waals surface area contributed by atoms with Gasteiger partial charge in [0.15, 0.2) is 0 Å². The first-order chi connectivity index (χ1) is 11.4. The Kier molecular flexibility index (Phi) is 5.69. The van der Waals surface area contributed by atoms with E-state index >= 15 is 0 Å². The van der Waals surface area contributed by atoms with Crippen LogP contribution in [0.1, 0.15) is 32.1 Å². The molecule has 0 saturated heterocycles. The van der Waals surface area contributed by atoms with Gasteiger partial charge in [-0.05, 0) is 24.3 Å². The van der Waals surface area contributed by atoms with Gasteiger partial charge in [0.05, 0.1) is 22.8 Å². The third-order valence-corrected chi connectivity index (χ3v) is 10.1. The summed E-state index contributed by atoms with van der Waals surface area (Å²) in [5, 5.41) is 1.00. The van der Waals surface area contributed by atoms with E-state index in [4.69, 9.17) is 4.42 Å². The van der Waals surface area contributed by atoms with Gasteiger partial charge in [-0.1, -0.05) is 51.0 Å². The second-order valence-electron chi connectivity index (χ2n) is 5.82. The minimum absolute atomic E-state index is 0.104. The topological polar surface area (TPSA) is 25.5 Å². The molecule has 0 aliphatic rings. The molecule has 0 unspecified atom stereocenters. The van der Waals surface area contributed by atoms with Gasteiger partial charge in [0.1, 0.15) is 13.8 Å². The third-order valence-electron chi connectivity index (χ3n) is 4.72. The largest absolute Gasteiger partial charge is 0.465 e. The zero-order valence-electron chi connectivity index (χ0n) is 14.2. The lowest BCUT2D eigenvalue weighted by Gasteiger charge is -2.24. The number of halogens is 3. The fourth-order valence-electron chi connectivity index (χ4n) is 2.94. The van der Waals surface area contributed by atoms with Gasteiger partial charge in [0.25, 0.3) is 0 Å². The zero-order chi connectivity index (χ0) is 17.8. The van der Waals surface area contributed by atoms with Crippen molar-refractivity contribution in [2.45, 2.75) is 45.1 Å². The van der Waals surface area contributed by atoms with Gasteiger partial charge in [-0.3, -0.25) is 4.99 Å². The Morgan fingerprint density at radius 1 is 1.00 bits per heavy atom. The Hall–Kier alpha value is -1.82. The van der Waals surface area contributed by atoms with Crippen LogP contribution in [-0.4, -0.2) is 14.3 Å². The normalized spacial score (nSPS) is 12.9. The molecule has 1 aromatic heterocycles. The highest BCUT2D eigenvalue weighted by molar-refractivity contribution is 6.90. The number of hydrogen-bond donors (Lipinski definition) is 0. The van der Waals surface area contributed by atoms with E-state index in [1.165, 1.54) is 18.3 Å². The molecule has 1 heterocycles. The zero-order valence-corrected chi connectivity index (χ0v) is 15.2. The minimum atomic E-state index is -4.42. The molecule has 0 aliphatic heterocycles. The molecule has 0 amide bonds. The summed E-state index contributed by atoms with van der Waals surface area (Å²) >= 11 is 0. The monoisotopic (exact) mass is 353 g/mol. The van der Waals surface area contributed by atoms with Crippen LogP contribution in [0.2, 0.25) is 18.1 Å². The van der Waals surface area contributed by atoms with Gasteiger partial charge in [0.2, 0.25) is 0 Å². The summed E-state index contributed by atoms with van der Waals surface area (Å²) in [6.07, 6.45) is -3.05. The second-order valence-corrected chi connectivity index (χ2v) is 11.0. The van der Waals surface area contributed by atoms with Crippen LogP contribution in [-0.2, 0) is 6.18 Å². The molecule has 0 radical (unpaired) electrons. The standard InChI is InChI=1S/C18H22F3NOSi/c1-4-24(5-2,6-3)17-12-11-14(23-17)13-22-16-10-8-7-9-15(16)18(19,20)21/h7-13H,4-6H2,1-3H3. The summed E-state index contributed by atoms with van der Waals surface area (Å²) in [7, 11) is -1.63. The number of furan rings is 1. The van der Waals surface area contributed by atoms with Gasteiger partial charge in [-0.25, -0.2) is 0 Å². The van der Waals surface area contributed by atoms with Crippen LogP contribution in [0.3, 0.4) is 0 Å². The number of benzene rings is 1. The van der Waals surface area contributed by atoms with E-state index in [2.05, 4.69) is 25.8 Å². The lowest BCUT2D eigenvalue weighted by Crippen LogP contribution is -2.44. The molecule has 0 spiro atoms. The number of rotatable bonds is 6. The van der Waals surface area contributed by atoms with Crippen molar-refractivity contribution in [3.63, 3.8) is 0 Å². The highest BCUT2D eigenvalue weighted by Crippen LogP contribution is 2.35. The number of para-hydroxylation sites is 1. The van der Waals surface area contributed by atoms with E-state index < -0.39 is 19.8 Å². The molecule has 0 aliphatic carbocycles. The number of aliphatic imine (C=N–C) groups is 1. The number of nitrogens with zero attached hydrogens (tertiary/aromatic N) is 1. The first-order valence-corrected chi connectivity index (χ1v) is 10.8. The van der Waals surface area contributed by atoms with E-state index in [0.717, 1.165) is 29.6 Å². The fourth-order valence-corrected chi connectivity index (χ4v) is 6.26. The van der Waals surface area contributed by atoms with E-state index in [1.54, 1.807) is 12.1 Å². The molecule has 1 aromatic carbocycles. The average Bonchev–Trinajstić information content (AvgIpc) is 3.04. The molecular formula is C18H22F3NOSi. The maximum absolute atomic E-state index is 13.0. The van der Waals surface area contributed by atoms with Gasteiger partial charge in [0, 0.05) is 0 Å². The van der Waals surface area contributed by atoms with Crippen molar-refractivity contribution in [3.8, 4) is 0 Å². The predicted octanol–water partition coefficient (Wildman–Crippen LogP) is 5.76. The highest BCUT2D eigenvalue weighted by atomic mass is 28.3. The average molecular weight is 353 g/mol. The Morgan fingerprint density at radius 2 is 1.62 bits per heavy atom. The first-order valence-electron chi connectivity index (χ1n) is 8.17. The predicted molar refractivity (Wildman–Crippen MR) is 94.2 cm³/mol. The molecular weight excluding hydrogens is 331 g/mol. The van der Waals surface area contributed by atoms with E-state index in [-0.39, 0.29) is 5.69 Å². The summed E-state index contributed by atoms with van der Waals surface area (Å²) < 4.78 is 44.8. The van der Waals surface area contributed by atoms with Crippen LogP contribution in [0.25, 0.3) is 0 Å². The van der Waals surface area contributed by atoms with Crippen molar-refractivity contribution < 1.29 is 17.6 Å². The lowest BCUT2D eigenvalue weighted by molar-refractivity contribution is -0.137. The number of hydrogen-bond acceptors (Lipinski definition) is 2. The molecule has 0 saturated carbocycles. The molecule has 24 heavy (non-hydrogen) atoms. The van der Waals surface area contributed by atoms with Crippen molar-refractivity contribution >= 4 is 25.4 Å². The quantitative estimate of drug-likeness (QED) is 0.478. The molecule has 2 nitrogen and oxygen atoms in total. The first kappa shape index (κ1) is 18.5. The Morgan fingerprint density at radius 3 is 2.21 bits per heavy atom. The van der Waals surface area contributed by atoms with Crippen molar-refractivity contribution in [1.82, 2.24) is 0 Å². The van der Waals surface area contributed by atoms with Crippen LogP contribution in [0.15, 0.2) is 45.8 Å². The van der Waals surface area contributed by atoms with Crippen LogP contribution in [0.5, 0.6) is 0 Å². The van der Waals surface area contributed by atoms with Crippen LogP contribution >= 0.6 is 0 Å². The van der Waals surface area contributed by atoms with Crippen molar-refractivity contribution in [1.29, 1.82) is 0 Å². The van der Waals surface area contributed by atoms with Gasteiger partial charge < -0.3 is 4.42 Å². The summed E-state index contributed by atoms with van der Waals surface area (Å²) in [4.78, 5) is 3.99. The smallest absolute Gasteiger partial charge is 0.418 e. The molecule has 0 fully saturated rings. The van der Waals surface area contributed by atoms with Gasteiger partial charge >= 0.3 is 6.18 Å². The molecule has 0 bridgehead atoms. The van der Waals surface area contributed by atoms with Crippen LogP contribution in [0.4, 0.5) is 18.9 Å². The summed E-state index contributed by atoms with van der Waals surface area (Å²) in [5.41, 5.74) is -0.847. The maximum Gasteiger partial charge on any atom is 0.418 e. The highest BCUT2D eigenvalue weighted by Gasteiger charge is 2.34. The van der Waals surface area contributed by atoms with E-state index in [9.17, 15) is 13.2 Å². The lowest BCUT2D eigenvalue weighted by atomic mass is 10.2. The van der Waals surface area contributed by atoms with E-state index in [1.807, 2.05) is 6.07 Å². The number of alkyl halides is 3. The van der Waals surface area contributed by atoms with Gasteiger partial charge in [-0.15, -0.1) is 0 Å². The molecule has 2 aromatic rings. The molecule has 6 heteroatoms. The molecule has 0 N–H and O–H groups in total. The Labute approximate surface area is 141 Å². The minimum Gasteiger partial charge on any atom is -0.465 e. The summed E-state index contributed by atoms with van der Waals surface area (Å²) in [6.45, 7) is 6.53. The fraction of sp³-hybridized carbons (Fsp3) is 0.389.